The zero-order valence-electron chi connectivity index (χ0n) is 8.40. The van der Waals surface area contributed by atoms with Crippen LogP contribution in [0.3, 0.4) is 0 Å². The van der Waals surface area contributed by atoms with Gasteiger partial charge in [-0.15, -0.1) is 0 Å². The van der Waals surface area contributed by atoms with Crippen LogP contribution >= 0.6 is 15.9 Å². The topological polar surface area (TPSA) is 38.9 Å². The molecule has 3 nitrogen and oxygen atoms in total. The molecule has 2 aromatic rings. The van der Waals surface area contributed by atoms with Gasteiger partial charge in [0.25, 0.3) is 0 Å². The van der Waals surface area contributed by atoms with Crippen LogP contribution in [0.15, 0.2) is 33.3 Å². The van der Waals surface area contributed by atoms with E-state index in [4.69, 9.17) is 4.52 Å². The Morgan fingerprint density at radius 3 is 2.87 bits per heavy atom. The number of rotatable bonds is 3. The molecule has 78 valence electrons. The normalized spacial score (nSPS) is 10.5. The molecule has 0 unspecified atom stereocenters. The zero-order valence-corrected chi connectivity index (χ0v) is 9.99. The average molecular weight is 267 g/mol. The van der Waals surface area contributed by atoms with E-state index in [9.17, 15) is 0 Å². The number of hydrogen-bond acceptors (Lipinski definition) is 3. The second-order valence-corrected chi connectivity index (χ2v) is 4.28. The smallest absolute Gasteiger partial charge is 0.223 e. The number of halogens is 1. The summed E-state index contributed by atoms with van der Waals surface area (Å²) in [7, 11) is 0. The van der Waals surface area contributed by atoms with Gasteiger partial charge >= 0.3 is 0 Å². The monoisotopic (exact) mass is 266 g/mol. The summed E-state index contributed by atoms with van der Waals surface area (Å²) in [5.41, 5.74) is 1.27. The van der Waals surface area contributed by atoms with Gasteiger partial charge in [0.05, 0.1) is 0 Å². The lowest BCUT2D eigenvalue weighted by atomic mass is 10.1. The van der Waals surface area contributed by atoms with Gasteiger partial charge in [0.15, 0.2) is 5.82 Å². The summed E-state index contributed by atoms with van der Waals surface area (Å²) in [6, 6.07) is 8.24. The van der Waals surface area contributed by atoms with Gasteiger partial charge < -0.3 is 4.52 Å². The van der Waals surface area contributed by atoms with E-state index in [-0.39, 0.29) is 0 Å². The quantitative estimate of drug-likeness (QED) is 0.858. The Labute approximate surface area is 96.6 Å². The number of nitrogens with zero attached hydrogens (tertiary/aromatic N) is 2. The van der Waals surface area contributed by atoms with E-state index < -0.39 is 0 Å². The lowest BCUT2D eigenvalue weighted by molar-refractivity contribution is 0.387. The molecule has 0 amide bonds. The summed E-state index contributed by atoms with van der Waals surface area (Å²) in [5, 5.41) is 3.86. The van der Waals surface area contributed by atoms with E-state index in [1.807, 2.05) is 12.1 Å². The first-order valence-electron chi connectivity index (χ1n) is 4.77. The minimum atomic E-state index is 0.624. The third-order valence-electron chi connectivity index (χ3n) is 2.10. The van der Waals surface area contributed by atoms with Crippen LogP contribution < -0.4 is 0 Å². The minimum absolute atomic E-state index is 0.624. The first-order valence-corrected chi connectivity index (χ1v) is 5.57. The molecule has 4 heteroatoms. The third kappa shape index (κ3) is 2.89. The highest BCUT2D eigenvalue weighted by Crippen LogP contribution is 2.13. The number of hydrogen-bond donors (Lipinski definition) is 0. The van der Waals surface area contributed by atoms with Crippen LogP contribution in [0.2, 0.25) is 0 Å². The van der Waals surface area contributed by atoms with E-state index >= 15 is 0 Å². The maximum atomic E-state index is 4.91. The Bertz CT molecular complexity index is 453. The fraction of sp³-hybridized carbons (Fsp3) is 0.273. The Morgan fingerprint density at radius 1 is 1.33 bits per heavy atom. The summed E-state index contributed by atoms with van der Waals surface area (Å²) < 4.78 is 6.01. The standard InChI is InChI=1S/C11H11BrN2O/c1-8-13-11(14-15-8)6-5-9-3-2-4-10(12)7-9/h2-4,7H,5-6H2,1H3. The maximum Gasteiger partial charge on any atom is 0.223 e. The summed E-state index contributed by atoms with van der Waals surface area (Å²) >= 11 is 3.44. The van der Waals surface area contributed by atoms with Crippen molar-refractivity contribution < 1.29 is 4.52 Å². The van der Waals surface area contributed by atoms with Gasteiger partial charge in [-0.05, 0) is 24.1 Å². The van der Waals surface area contributed by atoms with Crippen LogP contribution in [0, 0.1) is 6.92 Å². The van der Waals surface area contributed by atoms with Crippen LogP contribution in [0.4, 0.5) is 0 Å². The molecule has 0 saturated heterocycles. The lowest BCUT2D eigenvalue weighted by Gasteiger charge is -1.98. The molecule has 0 aliphatic carbocycles. The molecular formula is C11H11BrN2O. The minimum Gasteiger partial charge on any atom is -0.340 e. The van der Waals surface area contributed by atoms with E-state index in [0.29, 0.717) is 5.89 Å². The molecule has 0 aliphatic rings. The van der Waals surface area contributed by atoms with Crippen molar-refractivity contribution in [2.75, 3.05) is 0 Å². The summed E-state index contributed by atoms with van der Waals surface area (Å²) in [6.07, 6.45) is 1.74. The van der Waals surface area contributed by atoms with Gasteiger partial charge in [-0.3, -0.25) is 0 Å². The Hall–Kier alpha value is -1.16. The Morgan fingerprint density at radius 2 is 2.20 bits per heavy atom. The fourth-order valence-electron chi connectivity index (χ4n) is 1.39. The summed E-state index contributed by atoms with van der Waals surface area (Å²) in [5.74, 6) is 1.40. The number of aromatic nitrogens is 2. The van der Waals surface area contributed by atoms with Crippen molar-refractivity contribution in [1.82, 2.24) is 10.1 Å². The van der Waals surface area contributed by atoms with E-state index in [1.165, 1.54) is 5.56 Å². The zero-order chi connectivity index (χ0) is 10.7. The summed E-state index contributed by atoms with van der Waals surface area (Å²) in [6.45, 7) is 1.80. The van der Waals surface area contributed by atoms with Gasteiger partial charge in [0, 0.05) is 17.8 Å². The molecule has 1 aromatic heterocycles. The highest BCUT2D eigenvalue weighted by Gasteiger charge is 2.02. The predicted octanol–water partition coefficient (Wildman–Crippen LogP) is 2.93. The molecule has 0 bridgehead atoms. The fourth-order valence-corrected chi connectivity index (χ4v) is 1.84. The lowest BCUT2D eigenvalue weighted by Crippen LogP contribution is -1.93. The van der Waals surface area contributed by atoms with Crippen LogP contribution in [0.1, 0.15) is 17.3 Å². The molecular weight excluding hydrogens is 256 g/mol. The molecule has 0 atom stereocenters. The van der Waals surface area contributed by atoms with Gasteiger partial charge in [-0.1, -0.05) is 33.2 Å². The first-order chi connectivity index (χ1) is 7.24. The van der Waals surface area contributed by atoms with Crippen LogP contribution in [-0.4, -0.2) is 10.1 Å². The number of aryl methyl sites for hydroxylation is 3. The first kappa shape index (κ1) is 10.4. The van der Waals surface area contributed by atoms with Gasteiger partial charge in [0.1, 0.15) is 0 Å². The van der Waals surface area contributed by atoms with Gasteiger partial charge in [0.2, 0.25) is 5.89 Å². The van der Waals surface area contributed by atoms with Crippen molar-refractivity contribution in [2.45, 2.75) is 19.8 Å². The third-order valence-corrected chi connectivity index (χ3v) is 2.59. The molecule has 0 spiro atoms. The van der Waals surface area contributed by atoms with Crippen molar-refractivity contribution in [3.63, 3.8) is 0 Å². The maximum absolute atomic E-state index is 4.91. The second kappa shape index (κ2) is 4.57. The molecule has 0 aliphatic heterocycles. The molecule has 2 rings (SSSR count). The largest absolute Gasteiger partial charge is 0.340 e. The Balaban J connectivity index is 1.99. The molecule has 0 N–H and O–H groups in total. The predicted molar refractivity (Wildman–Crippen MR) is 60.6 cm³/mol. The molecule has 1 aromatic carbocycles. The summed E-state index contributed by atoms with van der Waals surface area (Å²) in [4.78, 5) is 4.16. The van der Waals surface area contributed by atoms with Crippen molar-refractivity contribution >= 4 is 15.9 Å². The Kier molecular flexibility index (Phi) is 3.16. The van der Waals surface area contributed by atoms with Crippen LogP contribution in [0.25, 0.3) is 0 Å². The molecule has 0 saturated carbocycles. The highest BCUT2D eigenvalue weighted by atomic mass is 79.9. The van der Waals surface area contributed by atoms with Crippen LogP contribution in [-0.2, 0) is 12.8 Å². The molecule has 0 radical (unpaired) electrons. The van der Waals surface area contributed by atoms with Crippen molar-refractivity contribution in [2.24, 2.45) is 0 Å². The van der Waals surface area contributed by atoms with E-state index in [2.05, 4.69) is 38.2 Å². The van der Waals surface area contributed by atoms with Gasteiger partial charge in [-0.2, -0.15) is 4.98 Å². The molecule has 0 fully saturated rings. The van der Waals surface area contributed by atoms with Crippen molar-refractivity contribution in [3.05, 3.63) is 46.0 Å². The van der Waals surface area contributed by atoms with E-state index in [0.717, 1.165) is 23.1 Å². The van der Waals surface area contributed by atoms with Crippen molar-refractivity contribution in [1.29, 1.82) is 0 Å². The second-order valence-electron chi connectivity index (χ2n) is 3.36. The van der Waals surface area contributed by atoms with Gasteiger partial charge in [-0.25, -0.2) is 0 Å². The number of benzene rings is 1. The van der Waals surface area contributed by atoms with Crippen molar-refractivity contribution in [3.8, 4) is 0 Å². The SMILES string of the molecule is Cc1nc(CCc2cccc(Br)c2)no1. The highest BCUT2D eigenvalue weighted by molar-refractivity contribution is 9.10. The van der Waals surface area contributed by atoms with E-state index in [1.54, 1.807) is 6.92 Å². The molecule has 1 heterocycles. The molecule has 15 heavy (non-hydrogen) atoms. The van der Waals surface area contributed by atoms with Crippen LogP contribution in [0.5, 0.6) is 0 Å². The average Bonchev–Trinajstić information content (AvgIpc) is 2.62.